The maximum absolute atomic E-state index is 12.1. The minimum atomic E-state index is -1.34. The zero-order chi connectivity index (χ0) is 19.6. The SMILES string of the molecule is C[C@H](NC(=O)OCc1ccccc1)C(=O)O[C@@H](Cc1ccccc1)C(=O)O. The van der Waals surface area contributed by atoms with E-state index in [1.165, 1.54) is 6.92 Å². The van der Waals surface area contributed by atoms with Gasteiger partial charge in [-0.15, -0.1) is 0 Å². The Kier molecular flexibility index (Phi) is 7.37. The van der Waals surface area contributed by atoms with Crippen molar-refractivity contribution in [2.45, 2.75) is 32.1 Å². The molecule has 2 rings (SSSR count). The van der Waals surface area contributed by atoms with Crippen LogP contribution in [-0.4, -0.2) is 35.3 Å². The number of carbonyl (C=O) groups excluding carboxylic acids is 2. The second-order valence-electron chi connectivity index (χ2n) is 5.88. The van der Waals surface area contributed by atoms with E-state index in [2.05, 4.69) is 5.32 Å². The molecular weight excluding hydrogens is 350 g/mol. The maximum Gasteiger partial charge on any atom is 0.408 e. The summed E-state index contributed by atoms with van der Waals surface area (Å²) in [5.41, 5.74) is 1.53. The molecule has 0 aliphatic heterocycles. The molecule has 2 aromatic rings. The van der Waals surface area contributed by atoms with Gasteiger partial charge in [0.25, 0.3) is 0 Å². The molecule has 0 aliphatic rings. The zero-order valence-electron chi connectivity index (χ0n) is 14.8. The highest BCUT2D eigenvalue weighted by atomic mass is 16.6. The molecule has 0 aromatic heterocycles. The minimum Gasteiger partial charge on any atom is -0.478 e. The van der Waals surface area contributed by atoms with Gasteiger partial charge in [0.2, 0.25) is 6.10 Å². The lowest BCUT2D eigenvalue weighted by atomic mass is 10.1. The fourth-order valence-corrected chi connectivity index (χ4v) is 2.25. The summed E-state index contributed by atoms with van der Waals surface area (Å²) < 4.78 is 10.1. The fourth-order valence-electron chi connectivity index (χ4n) is 2.25. The van der Waals surface area contributed by atoms with Gasteiger partial charge in [0.15, 0.2) is 0 Å². The van der Waals surface area contributed by atoms with E-state index < -0.39 is 30.2 Å². The van der Waals surface area contributed by atoms with E-state index in [9.17, 15) is 19.5 Å². The van der Waals surface area contributed by atoms with Crippen LogP contribution < -0.4 is 5.32 Å². The largest absolute Gasteiger partial charge is 0.478 e. The Morgan fingerprint density at radius 2 is 1.52 bits per heavy atom. The van der Waals surface area contributed by atoms with Crippen LogP contribution in [0, 0.1) is 0 Å². The van der Waals surface area contributed by atoms with Gasteiger partial charge in [0.05, 0.1) is 0 Å². The number of amides is 1. The van der Waals surface area contributed by atoms with E-state index in [1.54, 1.807) is 42.5 Å². The Morgan fingerprint density at radius 1 is 0.963 bits per heavy atom. The molecule has 0 unspecified atom stereocenters. The molecular formula is C20H21NO6. The monoisotopic (exact) mass is 371 g/mol. The van der Waals surface area contributed by atoms with Crippen LogP contribution in [0.5, 0.6) is 0 Å². The molecule has 7 nitrogen and oxygen atoms in total. The van der Waals surface area contributed by atoms with Crippen molar-refractivity contribution in [3.8, 4) is 0 Å². The van der Waals surface area contributed by atoms with Crippen LogP contribution in [0.15, 0.2) is 60.7 Å². The fraction of sp³-hybridized carbons (Fsp3) is 0.250. The first kappa shape index (κ1) is 20.0. The van der Waals surface area contributed by atoms with Crippen molar-refractivity contribution in [2.24, 2.45) is 0 Å². The number of nitrogens with one attached hydrogen (secondary N) is 1. The quantitative estimate of drug-likeness (QED) is 0.692. The van der Waals surface area contributed by atoms with Gasteiger partial charge < -0.3 is 19.9 Å². The molecule has 142 valence electrons. The lowest BCUT2D eigenvalue weighted by Crippen LogP contribution is -2.42. The Bertz CT molecular complexity index is 763. The van der Waals surface area contributed by atoms with E-state index in [4.69, 9.17) is 9.47 Å². The normalized spacial score (nSPS) is 12.5. The van der Waals surface area contributed by atoms with Crippen LogP contribution in [0.4, 0.5) is 4.79 Å². The van der Waals surface area contributed by atoms with Gasteiger partial charge in [-0.25, -0.2) is 14.4 Å². The predicted molar refractivity (Wildman–Crippen MR) is 96.9 cm³/mol. The molecule has 2 atom stereocenters. The number of benzene rings is 2. The first-order valence-corrected chi connectivity index (χ1v) is 8.40. The molecule has 2 aromatic carbocycles. The van der Waals surface area contributed by atoms with Crippen molar-refractivity contribution in [1.29, 1.82) is 0 Å². The summed E-state index contributed by atoms with van der Waals surface area (Å²) >= 11 is 0. The first-order valence-electron chi connectivity index (χ1n) is 8.40. The van der Waals surface area contributed by atoms with Gasteiger partial charge in [0, 0.05) is 6.42 Å². The van der Waals surface area contributed by atoms with Gasteiger partial charge in [0.1, 0.15) is 12.6 Å². The van der Waals surface area contributed by atoms with Crippen molar-refractivity contribution < 1.29 is 29.0 Å². The summed E-state index contributed by atoms with van der Waals surface area (Å²) in [7, 11) is 0. The molecule has 0 spiro atoms. The second kappa shape index (κ2) is 9.96. The Morgan fingerprint density at radius 3 is 2.07 bits per heavy atom. The third-order valence-corrected chi connectivity index (χ3v) is 3.70. The van der Waals surface area contributed by atoms with Crippen molar-refractivity contribution >= 4 is 18.0 Å². The summed E-state index contributed by atoms with van der Waals surface area (Å²) in [5.74, 6) is -2.11. The number of hydrogen-bond acceptors (Lipinski definition) is 5. The summed E-state index contributed by atoms with van der Waals surface area (Å²) in [6, 6.07) is 16.8. The number of carbonyl (C=O) groups is 3. The smallest absolute Gasteiger partial charge is 0.408 e. The highest BCUT2D eigenvalue weighted by Crippen LogP contribution is 2.08. The topological polar surface area (TPSA) is 102 Å². The Hall–Kier alpha value is -3.35. The van der Waals surface area contributed by atoms with Gasteiger partial charge in [-0.3, -0.25) is 0 Å². The van der Waals surface area contributed by atoms with Gasteiger partial charge in [-0.05, 0) is 18.1 Å². The average Bonchev–Trinajstić information content (AvgIpc) is 2.67. The molecule has 7 heteroatoms. The van der Waals surface area contributed by atoms with Crippen molar-refractivity contribution in [2.75, 3.05) is 0 Å². The highest BCUT2D eigenvalue weighted by molar-refractivity contribution is 5.83. The first-order chi connectivity index (χ1) is 13.0. The van der Waals surface area contributed by atoms with E-state index in [-0.39, 0.29) is 13.0 Å². The molecule has 0 heterocycles. The number of ether oxygens (including phenoxy) is 2. The number of aliphatic carboxylic acids is 1. The van der Waals surface area contributed by atoms with Gasteiger partial charge in [-0.2, -0.15) is 0 Å². The van der Waals surface area contributed by atoms with Crippen LogP contribution in [-0.2, 0) is 32.1 Å². The summed E-state index contributed by atoms with van der Waals surface area (Å²) in [4.78, 5) is 35.2. The third-order valence-electron chi connectivity index (χ3n) is 3.70. The molecule has 0 fully saturated rings. The number of carboxylic acid groups (broad SMARTS) is 1. The highest BCUT2D eigenvalue weighted by Gasteiger charge is 2.26. The van der Waals surface area contributed by atoms with Crippen LogP contribution in [0.25, 0.3) is 0 Å². The lowest BCUT2D eigenvalue weighted by molar-refractivity contribution is -0.165. The maximum atomic E-state index is 12.1. The van der Waals surface area contributed by atoms with E-state index >= 15 is 0 Å². The number of hydrogen-bond donors (Lipinski definition) is 2. The second-order valence-corrected chi connectivity index (χ2v) is 5.88. The molecule has 27 heavy (non-hydrogen) atoms. The van der Waals surface area contributed by atoms with E-state index in [0.29, 0.717) is 0 Å². The summed E-state index contributed by atoms with van der Waals surface area (Å²) in [6.45, 7) is 1.45. The van der Waals surface area contributed by atoms with Crippen molar-refractivity contribution in [3.05, 3.63) is 71.8 Å². The van der Waals surface area contributed by atoms with Gasteiger partial charge >= 0.3 is 18.0 Å². The number of carboxylic acids is 1. The zero-order valence-corrected chi connectivity index (χ0v) is 14.8. The van der Waals surface area contributed by atoms with Crippen LogP contribution in [0.1, 0.15) is 18.1 Å². The van der Waals surface area contributed by atoms with Gasteiger partial charge in [-0.1, -0.05) is 60.7 Å². The number of alkyl carbamates (subject to hydrolysis) is 1. The lowest BCUT2D eigenvalue weighted by Gasteiger charge is -2.18. The summed E-state index contributed by atoms with van der Waals surface area (Å²) in [5, 5.41) is 11.6. The van der Waals surface area contributed by atoms with E-state index in [1.807, 2.05) is 18.2 Å². The predicted octanol–water partition coefficient (Wildman–Crippen LogP) is 2.54. The molecule has 0 aliphatic carbocycles. The Labute approximate surface area is 156 Å². The molecule has 0 bridgehead atoms. The molecule has 0 saturated carbocycles. The minimum absolute atomic E-state index is 0.0348. The molecule has 0 radical (unpaired) electrons. The standard InChI is InChI=1S/C20H21NO6/c1-14(21-20(25)26-13-16-10-6-3-7-11-16)19(24)27-17(18(22)23)12-15-8-4-2-5-9-15/h2-11,14,17H,12-13H2,1H3,(H,21,25)(H,22,23)/t14-,17-/m0/s1. The third kappa shape index (κ3) is 6.81. The Balaban J connectivity index is 1.83. The van der Waals surface area contributed by atoms with E-state index in [0.717, 1.165) is 11.1 Å². The van der Waals surface area contributed by atoms with Crippen LogP contribution in [0.3, 0.4) is 0 Å². The van der Waals surface area contributed by atoms with Crippen molar-refractivity contribution in [1.82, 2.24) is 5.32 Å². The molecule has 0 saturated heterocycles. The van der Waals surface area contributed by atoms with Crippen molar-refractivity contribution in [3.63, 3.8) is 0 Å². The van der Waals surface area contributed by atoms with Crippen LogP contribution in [0.2, 0.25) is 0 Å². The molecule has 1 amide bonds. The number of esters is 1. The molecule has 2 N–H and O–H groups in total. The number of rotatable bonds is 8. The summed E-state index contributed by atoms with van der Waals surface area (Å²) in [6.07, 6.45) is -2.10. The van der Waals surface area contributed by atoms with Crippen LogP contribution >= 0.6 is 0 Å². The average molecular weight is 371 g/mol.